The van der Waals surface area contributed by atoms with Gasteiger partial charge in [0.15, 0.2) is 11.5 Å². The first-order chi connectivity index (χ1) is 9.74. The van der Waals surface area contributed by atoms with E-state index in [0.717, 1.165) is 35.1 Å². The van der Waals surface area contributed by atoms with E-state index >= 15 is 0 Å². The maximum atomic E-state index is 6.39. The summed E-state index contributed by atoms with van der Waals surface area (Å²) in [5.41, 5.74) is 10.5. The molecular weight excluding hydrogens is 252 g/mol. The van der Waals surface area contributed by atoms with Gasteiger partial charge >= 0.3 is 0 Å². The SMILES string of the molecule is COc1cc2nc3c(c(N)c2cc1OC)CCCCC3. The second-order valence-corrected chi connectivity index (χ2v) is 5.24. The quantitative estimate of drug-likeness (QED) is 0.853. The first-order valence-corrected chi connectivity index (χ1v) is 7.07. The van der Waals surface area contributed by atoms with E-state index < -0.39 is 0 Å². The van der Waals surface area contributed by atoms with Crippen LogP contribution >= 0.6 is 0 Å². The summed E-state index contributed by atoms with van der Waals surface area (Å²) in [6.07, 6.45) is 5.68. The number of nitrogen functional groups attached to an aromatic ring is 1. The van der Waals surface area contributed by atoms with E-state index in [0.29, 0.717) is 11.5 Å². The second-order valence-electron chi connectivity index (χ2n) is 5.24. The van der Waals surface area contributed by atoms with E-state index in [4.69, 9.17) is 20.2 Å². The number of fused-ring (bicyclic) bond motifs is 2. The minimum atomic E-state index is 0.695. The molecule has 1 aromatic heterocycles. The van der Waals surface area contributed by atoms with Crippen LogP contribution in [-0.2, 0) is 12.8 Å². The Morgan fingerprint density at radius 3 is 2.45 bits per heavy atom. The molecule has 4 nitrogen and oxygen atoms in total. The molecule has 106 valence electrons. The van der Waals surface area contributed by atoms with Crippen LogP contribution in [0.25, 0.3) is 10.9 Å². The van der Waals surface area contributed by atoms with Gasteiger partial charge in [-0.2, -0.15) is 0 Å². The van der Waals surface area contributed by atoms with Gasteiger partial charge in [-0.05, 0) is 37.3 Å². The normalized spacial score (nSPS) is 14.7. The number of hydrogen-bond donors (Lipinski definition) is 1. The first kappa shape index (κ1) is 13.0. The van der Waals surface area contributed by atoms with Crippen molar-refractivity contribution in [2.75, 3.05) is 20.0 Å². The third kappa shape index (κ3) is 2.05. The lowest BCUT2D eigenvalue weighted by Gasteiger charge is -2.14. The molecule has 0 fully saturated rings. The van der Waals surface area contributed by atoms with Crippen LogP contribution in [0.1, 0.15) is 30.5 Å². The van der Waals surface area contributed by atoms with Gasteiger partial charge in [0, 0.05) is 22.8 Å². The van der Waals surface area contributed by atoms with E-state index in [1.165, 1.54) is 24.8 Å². The Morgan fingerprint density at radius 2 is 1.70 bits per heavy atom. The summed E-state index contributed by atoms with van der Waals surface area (Å²) < 4.78 is 10.7. The molecular formula is C16H20N2O2. The molecule has 0 radical (unpaired) electrons. The number of aryl methyl sites for hydroxylation is 1. The number of anilines is 1. The van der Waals surface area contributed by atoms with Gasteiger partial charge in [0.1, 0.15) is 0 Å². The molecule has 0 spiro atoms. The summed E-state index contributed by atoms with van der Waals surface area (Å²) in [5, 5.41) is 0.961. The van der Waals surface area contributed by atoms with Gasteiger partial charge in [-0.1, -0.05) is 6.42 Å². The number of rotatable bonds is 2. The van der Waals surface area contributed by atoms with Crippen molar-refractivity contribution in [2.45, 2.75) is 32.1 Å². The molecule has 1 aliphatic rings. The van der Waals surface area contributed by atoms with Crippen molar-refractivity contribution in [2.24, 2.45) is 0 Å². The molecule has 4 heteroatoms. The van der Waals surface area contributed by atoms with Gasteiger partial charge in [-0.3, -0.25) is 4.98 Å². The van der Waals surface area contributed by atoms with Gasteiger partial charge in [-0.25, -0.2) is 0 Å². The van der Waals surface area contributed by atoms with Crippen LogP contribution in [0.4, 0.5) is 5.69 Å². The molecule has 0 saturated carbocycles. The second kappa shape index (κ2) is 5.19. The van der Waals surface area contributed by atoms with E-state index in [2.05, 4.69) is 0 Å². The summed E-state index contributed by atoms with van der Waals surface area (Å²) in [4.78, 5) is 4.81. The molecule has 20 heavy (non-hydrogen) atoms. The molecule has 0 aliphatic heterocycles. The van der Waals surface area contributed by atoms with Crippen molar-refractivity contribution in [3.8, 4) is 11.5 Å². The summed E-state index contributed by atoms with van der Waals surface area (Å²) in [5.74, 6) is 1.39. The predicted molar refractivity (Wildman–Crippen MR) is 80.5 cm³/mol. The van der Waals surface area contributed by atoms with Gasteiger partial charge in [0.2, 0.25) is 0 Å². The number of nitrogens with two attached hydrogens (primary N) is 1. The summed E-state index contributed by atoms with van der Waals surface area (Å²) >= 11 is 0. The number of hydrogen-bond acceptors (Lipinski definition) is 4. The van der Waals surface area contributed by atoms with Crippen molar-refractivity contribution < 1.29 is 9.47 Å². The van der Waals surface area contributed by atoms with Crippen molar-refractivity contribution in [1.29, 1.82) is 0 Å². The largest absolute Gasteiger partial charge is 0.493 e. The standard InChI is InChI=1S/C16H20N2O2/c1-19-14-8-11-13(9-15(14)20-2)18-12-7-5-3-4-6-10(12)16(11)17/h8-9H,3-7H2,1-2H3,(H2,17,18). The Hall–Kier alpha value is -1.97. The van der Waals surface area contributed by atoms with Crippen molar-refractivity contribution >= 4 is 16.6 Å². The lowest BCUT2D eigenvalue weighted by Crippen LogP contribution is -2.03. The average molecular weight is 272 g/mol. The van der Waals surface area contributed by atoms with Crippen LogP contribution in [-0.4, -0.2) is 19.2 Å². The van der Waals surface area contributed by atoms with E-state index in [-0.39, 0.29) is 0 Å². The van der Waals surface area contributed by atoms with Gasteiger partial charge in [0.05, 0.1) is 19.7 Å². The number of methoxy groups -OCH3 is 2. The zero-order valence-electron chi connectivity index (χ0n) is 12.0. The Labute approximate surface area is 118 Å². The maximum absolute atomic E-state index is 6.39. The lowest BCUT2D eigenvalue weighted by molar-refractivity contribution is 0.356. The zero-order valence-corrected chi connectivity index (χ0v) is 12.0. The molecule has 3 rings (SSSR count). The minimum absolute atomic E-state index is 0.695. The number of benzene rings is 1. The highest BCUT2D eigenvalue weighted by molar-refractivity contribution is 5.94. The Balaban J connectivity index is 2.26. The van der Waals surface area contributed by atoms with E-state index in [9.17, 15) is 0 Å². The number of aromatic nitrogens is 1. The zero-order chi connectivity index (χ0) is 14.1. The van der Waals surface area contributed by atoms with Crippen LogP contribution in [0.15, 0.2) is 12.1 Å². The molecule has 0 unspecified atom stereocenters. The summed E-state index contributed by atoms with van der Waals surface area (Å²) in [6.45, 7) is 0. The molecule has 0 bridgehead atoms. The van der Waals surface area contributed by atoms with Gasteiger partial charge in [-0.15, -0.1) is 0 Å². The van der Waals surface area contributed by atoms with E-state index in [1.54, 1.807) is 14.2 Å². The highest BCUT2D eigenvalue weighted by Crippen LogP contribution is 2.37. The van der Waals surface area contributed by atoms with Crippen LogP contribution in [0.5, 0.6) is 11.5 Å². The smallest absolute Gasteiger partial charge is 0.162 e. The van der Waals surface area contributed by atoms with Crippen LogP contribution in [0.3, 0.4) is 0 Å². The molecule has 1 aliphatic carbocycles. The third-order valence-electron chi connectivity index (χ3n) is 4.06. The minimum Gasteiger partial charge on any atom is -0.493 e. The maximum Gasteiger partial charge on any atom is 0.162 e. The molecule has 1 aromatic carbocycles. The fourth-order valence-corrected chi connectivity index (χ4v) is 2.96. The van der Waals surface area contributed by atoms with Crippen molar-refractivity contribution in [1.82, 2.24) is 4.98 Å². The average Bonchev–Trinajstić information content (AvgIpc) is 2.71. The summed E-state index contributed by atoms with van der Waals surface area (Å²) in [7, 11) is 3.27. The topological polar surface area (TPSA) is 57.4 Å². The monoisotopic (exact) mass is 272 g/mol. The van der Waals surface area contributed by atoms with Gasteiger partial charge in [0.25, 0.3) is 0 Å². The fourth-order valence-electron chi connectivity index (χ4n) is 2.96. The van der Waals surface area contributed by atoms with Gasteiger partial charge < -0.3 is 15.2 Å². The highest BCUT2D eigenvalue weighted by Gasteiger charge is 2.17. The molecule has 0 amide bonds. The third-order valence-corrected chi connectivity index (χ3v) is 4.06. The molecule has 2 aromatic rings. The molecule has 2 N–H and O–H groups in total. The van der Waals surface area contributed by atoms with Crippen molar-refractivity contribution in [3.05, 3.63) is 23.4 Å². The van der Waals surface area contributed by atoms with Crippen LogP contribution in [0, 0.1) is 0 Å². The highest BCUT2D eigenvalue weighted by atomic mass is 16.5. The number of ether oxygens (including phenoxy) is 2. The lowest BCUT2D eigenvalue weighted by atomic mass is 10.0. The van der Waals surface area contributed by atoms with Crippen molar-refractivity contribution in [3.63, 3.8) is 0 Å². The predicted octanol–water partition coefficient (Wildman–Crippen LogP) is 3.10. The first-order valence-electron chi connectivity index (χ1n) is 7.07. The Kier molecular flexibility index (Phi) is 3.38. The molecule has 0 saturated heterocycles. The number of pyridine rings is 1. The Bertz CT molecular complexity index is 653. The van der Waals surface area contributed by atoms with E-state index in [1.807, 2.05) is 12.1 Å². The number of nitrogens with zero attached hydrogens (tertiary/aromatic N) is 1. The van der Waals surface area contributed by atoms with Crippen LogP contribution in [0.2, 0.25) is 0 Å². The molecule has 1 heterocycles. The van der Waals surface area contributed by atoms with Crippen LogP contribution < -0.4 is 15.2 Å². The molecule has 0 atom stereocenters. The summed E-state index contributed by atoms with van der Waals surface area (Å²) in [6, 6.07) is 3.84. The fraction of sp³-hybridized carbons (Fsp3) is 0.438. The Morgan fingerprint density at radius 1 is 1.00 bits per heavy atom.